The number of nitrogens with zero attached hydrogens (tertiary/aromatic N) is 3. The Balaban J connectivity index is 2.06. The first-order valence-corrected chi connectivity index (χ1v) is 7.03. The van der Waals surface area contributed by atoms with Gasteiger partial charge in [0.2, 0.25) is 0 Å². The molecule has 0 unspecified atom stereocenters. The molecule has 0 atom stereocenters. The summed E-state index contributed by atoms with van der Waals surface area (Å²) in [4.78, 5) is 19.3. The van der Waals surface area contributed by atoms with Crippen LogP contribution in [-0.4, -0.2) is 16.1 Å². The molecule has 23 heavy (non-hydrogen) atoms. The average Bonchev–Trinajstić information content (AvgIpc) is 2.61. The second-order valence-corrected chi connectivity index (χ2v) is 4.84. The average molecular weight is 303 g/mol. The highest BCUT2D eigenvalue weighted by Gasteiger charge is 2.11. The molecule has 0 aliphatic rings. The number of aliphatic imine (C=N–C) groups is 1. The van der Waals surface area contributed by atoms with Crippen molar-refractivity contribution in [3.63, 3.8) is 0 Å². The summed E-state index contributed by atoms with van der Waals surface area (Å²) in [6.45, 7) is 0. The summed E-state index contributed by atoms with van der Waals surface area (Å²) in [7, 11) is 0. The standard InChI is InChI=1S/C18H13N3O2/c22-21(23)16-9-10-18(20-13-15-8-4-5-11-19-15)17(12-16)14-6-2-1-3-7-14/h1-13H/b20-13+. The maximum atomic E-state index is 11.0. The van der Waals surface area contributed by atoms with Crippen molar-refractivity contribution in [2.45, 2.75) is 0 Å². The van der Waals surface area contributed by atoms with Crippen LogP contribution < -0.4 is 0 Å². The van der Waals surface area contributed by atoms with E-state index in [0.29, 0.717) is 11.3 Å². The lowest BCUT2D eigenvalue weighted by Crippen LogP contribution is -1.90. The van der Waals surface area contributed by atoms with Crippen LogP contribution in [0.5, 0.6) is 0 Å². The van der Waals surface area contributed by atoms with Crippen LogP contribution in [0.25, 0.3) is 11.1 Å². The van der Waals surface area contributed by atoms with E-state index in [-0.39, 0.29) is 5.69 Å². The fourth-order valence-corrected chi connectivity index (χ4v) is 2.19. The van der Waals surface area contributed by atoms with Crippen molar-refractivity contribution in [2.24, 2.45) is 4.99 Å². The van der Waals surface area contributed by atoms with Crippen LogP contribution in [0.2, 0.25) is 0 Å². The van der Waals surface area contributed by atoms with Gasteiger partial charge in [-0.3, -0.25) is 20.1 Å². The molecule has 1 heterocycles. The van der Waals surface area contributed by atoms with Crippen LogP contribution in [0.1, 0.15) is 5.69 Å². The molecule has 5 heteroatoms. The Bertz CT molecular complexity index is 847. The Hall–Kier alpha value is -3.34. The van der Waals surface area contributed by atoms with Gasteiger partial charge in [-0.25, -0.2) is 0 Å². The topological polar surface area (TPSA) is 68.4 Å². The summed E-state index contributed by atoms with van der Waals surface area (Å²) in [6.07, 6.45) is 3.34. The van der Waals surface area contributed by atoms with E-state index in [0.717, 1.165) is 11.3 Å². The van der Waals surface area contributed by atoms with E-state index < -0.39 is 4.92 Å². The Labute approximate surface area is 133 Å². The molecule has 3 rings (SSSR count). The van der Waals surface area contributed by atoms with E-state index >= 15 is 0 Å². The molecule has 0 saturated heterocycles. The normalized spacial score (nSPS) is 10.8. The first-order valence-electron chi connectivity index (χ1n) is 7.03. The highest BCUT2D eigenvalue weighted by Crippen LogP contribution is 2.33. The monoisotopic (exact) mass is 303 g/mol. The van der Waals surface area contributed by atoms with Crippen LogP contribution in [0, 0.1) is 10.1 Å². The summed E-state index contributed by atoms with van der Waals surface area (Å²) in [5.41, 5.74) is 3.02. The Morgan fingerprint density at radius 3 is 2.48 bits per heavy atom. The van der Waals surface area contributed by atoms with Crippen LogP contribution in [0.4, 0.5) is 11.4 Å². The summed E-state index contributed by atoms with van der Waals surface area (Å²) >= 11 is 0. The number of benzene rings is 2. The lowest BCUT2D eigenvalue weighted by molar-refractivity contribution is -0.384. The highest BCUT2D eigenvalue weighted by molar-refractivity contribution is 5.85. The maximum Gasteiger partial charge on any atom is 0.270 e. The fourth-order valence-electron chi connectivity index (χ4n) is 2.19. The number of non-ortho nitro benzene ring substituents is 1. The molecule has 0 N–H and O–H groups in total. The largest absolute Gasteiger partial charge is 0.270 e. The molecule has 2 aromatic carbocycles. The van der Waals surface area contributed by atoms with Gasteiger partial charge in [0, 0.05) is 23.9 Å². The van der Waals surface area contributed by atoms with E-state index in [1.807, 2.05) is 48.5 Å². The van der Waals surface area contributed by atoms with Gasteiger partial charge in [0.1, 0.15) is 0 Å². The molecule has 0 fully saturated rings. The smallest absolute Gasteiger partial charge is 0.258 e. The van der Waals surface area contributed by atoms with Gasteiger partial charge in [-0.1, -0.05) is 36.4 Å². The van der Waals surface area contributed by atoms with Gasteiger partial charge in [-0.15, -0.1) is 0 Å². The number of hydrogen-bond donors (Lipinski definition) is 0. The molecule has 0 aliphatic carbocycles. The zero-order chi connectivity index (χ0) is 16.1. The Morgan fingerprint density at radius 1 is 1.00 bits per heavy atom. The summed E-state index contributed by atoms with van der Waals surface area (Å²) < 4.78 is 0. The fraction of sp³-hybridized carbons (Fsp3) is 0. The number of pyridine rings is 1. The van der Waals surface area contributed by atoms with Crippen molar-refractivity contribution in [1.82, 2.24) is 4.98 Å². The molecule has 3 aromatic rings. The van der Waals surface area contributed by atoms with Gasteiger partial charge in [0.15, 0.2) is 0 Å². The lowest BCUT2D eigenvalue weighted by atomic mass is 10.0. The van der Waals surface area contributed by atoms with Crippen molar-refractivity contribution >= 4 is 17.6 Å². The van der Waals surface area contributed by atoms with Crippen LogP contribution >= 0.6 is 0 Å². The zero-order valence-electron chi connectivity index (χ0n) is 12.2. The third-order valence-electron chi connectivity index (χ3n) is 3.30. The van der Waals surface area contributed by atoms with Crippen molar-refractivity contribution in [3.05, 3.63) is 88.7 Å². The predicted octanol–water partition coefficient (Wildman–Crippen LogP) is 4.41. The van der Waals surface area contributed by atoms with Crippen molar-refractivity contribution < 1.29 is 4.92 Å². The molecule has 0 radical (unpaired) electrons. The predicted molar refractivity (Wildman–Crippen MR) is 90.0 cm³/mol. The molecular formula is C18H13N3O2. The van der Waals surface area contributed by atoms with Gasteiger partial charge in [0.05, 0.1) is 22.5 Å². The second-order valence-electron chi connectivity index (χ2n) is 4.84. The van der Waals surface area contributed by atoms with Crippen LogP contribution in [-0.2, 0) is 0 Å². The molecule has 0 amide bonds. The first kappa shape index (κ1) is 14.6. The minimum atomic E-state index is -0.404. The van der Waals surface area contributed by atoms with Gasteiger partial charge in [0.25, 0.3) is 5.69 Å². The molecule has 0 saturated carbocycles. The van der Waals surface area contributed by atoms with Crippen molar-refractivity contribution in [3.8, 4) is 11.1 Å². The van der Waals surface area contributed by atoms with Crippen molar-refractivity contribution in [1.29, 1.82) is 0 Å². The summed E-state index contributed by atoms with van der Waals surface area (Å²) in [5.74, 6) is 0. The van der Waals surface area contributed by atoms with Gasteiger partial charge in [-0.2, -0.15) is 0 Å². The lowest BCUT2D eigenvalue weighted by Gasteiger charge is -2.06. The maximum absolute atomic E-state index is 11.0. The van der Waals surface area contributed by atoms with Crippen molar-refractivity contribution in [2.75, 3.05) is 0 Å². The second kappa shape index (κ2) is 6.62. The minimum Gasteiger partial charge on any atom is -0.258 e. The SMILES string of the molecule is O=[N+]([O-])c1ccc(/N=C/c2ccccn2)c(-c2ccccc2)c1. The van der Waals surface area contributed by atoms with Crippen LogP contribution in [0.15, 0.2) is 77.9 Å². The van der Waals surface area contributed by atoms with E-state index in [9.17, 15) is 10.1 Å². The molecule has 112 valence electrons. The minimum absolute atomic E-state index is 0.0423. The quantitative estimate of drug-likeness (QED) is 0.407. The van der Waals surface area contributed by atoms with E-state index in [1.165, 1.54) is 6.07 Å². The Kier molecular flexibility index (Phi) is 4.20. The number of aromatic nitrogens is 1. The number of nitro groups is 1. The van der Waals surface area contributed by atoms with E-state index in [4.69, 9.17) is 0 Å². The molecule has 0 bridgehead atoms. The van der Waals surface area contributed by atoms with Gasteiger partial charge < -0.3 is 0 Å². The molecule has 5 nitrogen and oxygen atoms in total. The Morgan fingerprint density at radius 2 is 1.78 bits per heavy atom. The molecule has 0 aliphatic heterocycles. The first-order chi connectivity index (χ1) is 11.2. The van der Waals surface area contributed by atoms with Crippen LogP contribution in [0.3, 0.4) is 0 Å². The third-order valence-corrected chi connectivity index (χ3v) is 3.30. The molecule has 1 aromatic heterocycles. The number of nitro benzene ring substituents is 1. The van der Waals surface area contributed by atoms with Gasteiger partial charge in [-0.05, 0) is 23.8 Å². The number of rotatable bonds is 4. The molecular weight excluding hydrogens is 290 g/mol. The van der Waals surface area contributed by atoms with E-state index in [2.05, 4.69) is 9.98 Å². The summed E-state index contributed by atoms with van der Waals surface area (Å²) in [5, 5.41) is 11.0. The van der Waals surface area contributed by atoms with E-state index in [1.54, 1.807) is 24.5 Å². The molecule has 0 spiro atoms. The zero-order valence-corrected chi connectivity index (χ0v) is 12.2. The third kappa shape index (κ3) is 3.47. The number of hydrogen-bond acceptors (Lipinski definition) is 4. The van der Waals surface area contributed by atoms with Gasteiger partial charge >= 0.3 is 0 Å². The highest BCUT2D eigenvalue weighted by atomic mass is 16.6. The summed E-state index contributed by atoms with van der Waals surface area (Å²) in [6, 6.07) is 19.7.